The number of rotatable bonds is 4. The summed E-state index contributed by atoms with van der Waals surface area (Å²) in [5.74, 6) is 0.301. The predicted octanol–water partition coefficient (Wildman–Crippen LogP) is 2.11. The molecule has 0 aromatic heterocycles. The van der Waals surface area contributed by atoms with Crippen LogP contribution in [0.3, 0.4) is 0 Å². The molecule has 0 bridgehead atoms. The number of piperidine rings is 1. The second-order valence-electron chi connectivity index (χ2n) is 8.00. The van der Waals surface area contributed by atoms with Gasteiger partial charge in [-0.2, -0.15) is 0 Å². The molecule has 0 aliphatic carbocycles. The van der Waals surface area contributed by atoms with Crippen LogP contribution in [0.2, 0.25) is 5.02 Å². The van der Waals surface area contributed by atoms with Gasteiger partial charge in [-0.1, -0.05) is 17.7 Å². The molecule has 3 aliphatic heterocycles. The zero-order valence-electron chi connectivity index (χ0n) is 15.3. The van der Waals surface area contributed by atoms with Crippen LogP contribution in [0.4, 0.5) is 5.69 Å². The van der Waals surface area contributed by atoms with Gasteiger partial charge in [-0.25, -0.2) is 0 Å². The number of amides is 1. The number of hydrogen-bond donors (Lipinski definition) is 2. The number of carbonyl (C=O) groups excluding carboxylic acids is 1. The van der Waals surface area contributed by atoms with Gasteiger partial charge in [-0.15, -0.1) is 0 Å². The lowest BCUT2D eigenvalue weighted by Gasteiger charge is -2.36. The summed E-state index contributed by atoms with van der Waals surface area (Å²) in [6, 6.07) is 8.47. The van der Waals surface area contributed by atoms with Crippen LogP contribution >= 0.6 is 11.6 Å². The molecule has 3 saturated heterocycles. The molecular weight excluding hydrogens is 348 g/mol. The predicted molar refractivity (Wildman–Crippen MR) is 106 cm³/mol. The Hall–Kier alpha value is -1.30. The Bertz CT molecular complexity index is 638. The summed E-state index contributed by atoms with van der Waals surface area (Å²) >= 11 is 6.11. The van der Waals surface area contributed by atoms with Gasteiger partial charge in [0.15, 0.2) is 0 Å². The van der Waals surface area contributed by atoms with Gasteiger partial charge >= 0.3 is 0 Å². The summed E-state index contributed by atoms with van der Waals surface area (Å²) < 4.78 is 0. The molecule has 1 amide bonds. The quantitative estimate of drug-likeness (QED) is 0.845. The molecule has 0 saturated carbocycles. The van der Waals surface area contributed by atoms with Crippen LogP contribution in [0.5, 0.6) is 0 Å². The Morgan fingerprint density at radius 1 is 1.15 bits per heavy atom. The Morgan fingerprint density at radius 3 is 2.65 bits per heavy atom. The van der Waals surface area contributed by atoms with Gasteiger partial charge in [0.25, 0.3) is 0 Å². The lowest BCUT2D eigenvalue weighted by Crippen LogP contribution is -2.47. The molecule has 26 heavy (non-hydrogen) atoms. The Balaban J connectivity index is 1.24. The summed E-state index contributed by atoms with van der Waals surface area (Å²) in [5, 5.41) is 7.45. The average Bonchev–Trinajstić information content (AvgIpc) is 2.96. The minimum atomic E-state index is -0.0822. The molecule has 3 fully saturated rings. The summed E-state index contributed by atoms with van der Waals surface area (Å²) in [4.78, 5) is 17.4. The maximum Gasteiger partial charge on any atom is 0.226 e. The van der Waals surface area contributed by atoms with Crippen molar-refractivity contribution in [2.75, 3.05) is 50.7 Å². The van der Waals surface area contributed by atoms with Gasteiger partial charge in [-0.05, 0) is 57.0 Å². The highest BCUT2D eigenvalue weighted by molar-refractivity contribution is 6.30. The third-order valence-electron chi connectivity index (χ3n) is 6.35. The average molecular weight is 377 g/mol. The Labute approximate surface area is 161 Å². The fourth-order valence-corrected chi connectivity index (χ4v) is 4.89. The molecule has 3 aliphatic rings. The van der Waals surface area contributed by atoms with Crippen molar-refractivity contribution in [2.24, 2.45) is 5.41 Å². The number of nitrogens with one attached hydrogen (secondary N) is 2. The third kappa shape index (κ3) is 3.85. The number of hydrogen-bond acceptors (Lipinski definition) is 4. The van der Waals surface area contributed by atoms with Gasteiger partial charge < -0.3 is 15.5 Å². The first-order valence-electron chi connectivity index (χ1n) is 9.89. The van der Waals surface area contributed by atoms with Gasteiger partial charge in [0, 0.05) is 49.5 Å². The number of carbonyl (C=O) groups is 1. The first-order valence-corrected chi connectivity index (χ1v) is 10.3. The molecule has 3 heterocycles. The van der Waals surface area contributed by atoms with E-state index in [0.29, 0.717) is 11.9 Å². The van der Waals surface area contributed by atoms with E-state index in [2.05, 4.69) is 26.5 Å². The van der Waals surface area contributed by atoms with Gasteiger partial charge in [0.1, 0.15) is 0 Å². The van der Waals surface area contributed by atoms with Gasteiger partial charge in [-0.3, -0.25) is 9.69 Å². The molecule has 5 nitrogen and oxygen atoms in total. The Morgan fingerprint density at radius 2 is 1.92 bits per heavy atom. The van der Waals surface area contributed by atoms with Crippen molar-refractivity contribution >= 4 is 23.2 Å². The minimum absolute atomic E-state index is 0.0822. The van der Waals surface area contributed by atoms with Crippen molar-refractivity contribution in [1.29, 1.82) is 0 Å². The van der Waals surface area contributed by atoms with Crippen molar-refractivity contribution in [1.82, 2.24) is 15.5 Å². The lowest BCUT2D eigenvalue weighted by molar-refractivity contribution is -0.128. The Kier molecular flexibility index (Phi) is 5.39. The highest BCUT2D eigenvalue weighted by Crippen LogP contribution is 2.39. The van der Waals surface area contributed by atoms with Gasteiger partial charge in [0.2, 0.25) is 5.91 Å². The number of nitrogens with zero attached hydrogens (tertiary/aromatic N) is 2. The largest absolute Gasteiger partial charge is 0.369 e. The van der Waals surface area contributed by atoms with E-state index >= 15 is 0 Å². The first-order chi connectivity index (χ1) is 12.6. The highest BCUT2D eigenvalue weighted by Gasteiger charge is 2.46. The lowest BCUT2D eigenvalue weighted by atomic mass is 9.76. The fourth-order valence-electron chi connectivity index (χ4n) is 4.71. The summed E-state index contributed by atoms with van der Waals surface area (Å²) in [6.07, 6.45) is 4.08. The van der Waals surface area contributed by atoms with E-state index in [1.807, 2.05) is 18.2 Å². The van der Waals surface area contributed by atoms with E-state index in [-0.39, 0.29) is 5.41 Å². The van der Waals surface area contributed by atoms with E-state index in [4.69, 9.17) is 11.6 Å². The van der Waals surface area contributed by atoms with Crippen LogP contribution in [0.1, 0.15) is 25.7 Å². The summed E-state index contributed by atoms with van der Waals surface area (Å²) in [7, 11) is 0. The van der Waals surface area contributed by atoms with Gasteiger partial charge in [0.05, 0.1) is 5.41 Å². The normalized spacial score (nSPS) is 26.3. The zero-order chi connectivity index (χ0) is 18.0. The van der Waals surface area contributed by atoms with Crippen LogP contribution < -0.4 is 15.5 Å². The van der Waals surface area contributed by atoms with Crippen molar-refractivity contribution in [2.45, 2.75) is 31.7 Å². The standard InChI is InChI=1S/C20H29ClN4O/c21-16-2-1-3-18(14-16)25-12-10-24(11-13-25)9-4-17-15-20(19(26)23-17)5-7-22-8-6-20/h1-3,14,17,22H,4-13,15H2,(H,23,26)/t17-/m0/s1. The molecule has 0 radical (unpaired) electrons. The molecule has 1 aromatic carbocycles. The summed E-state index contributed by atoms with van der Waals surface area (Å²) in [5.41, 5.74) is 1.13. The van der Waals surface area contributed by atoms with E-state index in [1.165, 1.54) is 5.69 Å². The van der Waals surface area contributed by atoms with E-state index in [0.717, 1.165) is 76.5 Å². The third-order valence-corrected chi connectivity index (χ3v) is 6.59. The van der Waals surface area contributed by atoms with Crippen LogP contribution in [-0.4, -0.2) is 62.7 Å². The number of anilines is 1. The molecular formula is C20H29ClN4O. The maximum absolute atomic E-state index is 12.5. The van der Waals surface area contributed by atoms with E-state index in [9.17, 15) is 4.79 Å². The molecule has 2 N–H and O–H groups in total. The number of piperazine rings is 1. The molecule has 1 aromatic rings. The molecule has 142 valence electrons. The van der Waals surface area contributed by atoms with E-state index in [1.54, 1.807) is 0 Å². The summed E-state index contributed by atoms with van der Waals surface area (Å²) in [6.45, 7) is 7.24. The second kappa shape index (κ2) is 7.75. The second-order valence-corrected chi connectivity index (χ2v) is 8.44. The topological polar surface area (TPSA) is 47.6 Å². The van der Waals surface area contributed by atoms with Crippen molar-refractivity contribution in [3.63, 3.8) is 0 Å². The SMILES string of the molecule is O=C1N[C@@H](CCN2CCN(c3cccc(Cl)c3)CC2)CC12CCNCC2. The monoisotopic (exact) mass is 376 g/mol. The number of halogens is 1. The molecule has 1 spiro atoms. The van der Waals surface area contributed by atoms with Crippen LogP contribution in [0.25, 0.3) is 0 Å². The van der Waals surface area contributed by atoms with Crippen LogP contribution in [0, 0.1) is 5.41 Å². The van der Waals surface area contributed by atoms with Crippen molar-refractivity contribution < 1.29 is 4.79 Å². The fraction of sp³-hybridized carbons (Fsp3) is 0.650. The van der Waals surface area contributed by atoms with E-state index < -0.39 is 0 Å². The zero-order valence-corrected chi connectivity index (χ0v) is 16.1. The molecule has 1 atom stereocenters. The van der Waals surface area contributed by atoms with Crippen LogP contribution in [0.15, 0.2) is 24.3 Å². The number of benzene rings is 1. The molecule has 6 heteroatoms. The van der Waals surface area contributed by atoms with Crippen molar-refractivity contribution in [3.05, 3.63) is 29.3 Å². The maximum atomic E-state index is 12.5. The van der Waals surface area contributed by atoms with Crippen LogP contribution in [-0.2, 0) is 4.79 Å². The highest BCUT2D eigenvalue weighted by atomic mass is 35.5. The smallest absolute Gasteiger partial charge is 0.226 e. The van der Waals surface area contributed by atoms with Crippen molar-refractivity contribution in [3.8, 4) is 0 Å². The first kappa shape index (κ1) is 18.1. The minimum Gasteiger partial charge on any atom is -0.369 e. The molecule has 0 unspecified atom stereocenters. The molecule has 4 rings (SSSR count).